The highest BCUT2D eigenvalue weighted by Crippen LogP contribution is 2.31. The second-order valence-corrected chi connectivity index (χ2v) is 6.46. The minimum atomic E-state index is -4.76. The Morgan fingerprint density at radius 3 is 2.44 bits per heavy atom. The number of carbonyl (C=O) groups excluding carboxylic acids is 1. The van der Waals surface area contributed by atoms with Crippen LogP contribution in [0.3, 0.4) is 0 Å². The number of amides is 1. The molecule has 2 aromatic heterocycles. The first-order chi connectivity index (χ1) is 12.7. The zero-order valence-corrected chi connectivity index (χ0v) is 15.3. The van der Waals surface area contributed by atoms with Gasteiger partial charge < -0.3 is 5.32 Å². The number of aromatic nitrogens is 3. The normalized spacial score (nSPS) is 11.5. The van der Waals surface area contributed by atoms with Gasteiger partial charge in [-0.2, -0.15) is 18.3 Å². The van der Waals surface area contributed by atoms with Gasteiger partial charge in [0.2, 0.25) is 0 Å². The molecule has 3 rings (SSSR count). The average molecular weight is 436 g/mol. The van der Waals surface area contributed by atoms with E-state index in [-0.39, 0.29) is 21.6 Å². The molecular formula is C16H8Cl3F3N4O. The molecule has 0 aliphatic carbocycles. The van der Waals surface area contributed by atoms with Crippen LogP contribution in [0.2, 0.25) is 15.1 Å². The van der Waals surface area contributed by atoms with Gasteiger partial charge in [-0.1, -0.05) is 34.8 Å². The molecule has 5 nitrogen and oxygen atoms in total. The second kappa shape index (κ2) is 7.38. The van der Waals surface area contributed by atoms with Gasteiger partial charge in [0.05, 0.1) is 15.7 Å². The number of benzene rings is 1. The molecule has 0 aliphatic rings. The number of hydrogen-bond acceptors (Lipinski definition) is 3. The maximum Gasteiger partial charge on any atom is 0.435 e. The van der Waals surface area contributed by atoms with Crippen LogP contribution in [0.4, 0.5) is 18.9 Å². The fourth-order valence-corrected chi connectivity index (χ4v) is 2.81. The fraction of sp³-hybridized carbons (Fsp3) is 0.0625. The maximum atomic E-state index is 13.1. The summed E-state index contributed by atoms with van der Waals surface area (Å²) in [4.78, 5) is 16.5. The largest absolute Gasteiger partial charge is 0.435 e. The van der Waals surface area contributed by atoms with Crippen LogP contribution in [0.5, 0.6) is 0 Å². The number of nitrogens with zero attached hydrogens (tertiary/aromatic N) is 3. The molecule has 0 aliphatic heterocycles. The summed E-state index contributed by atoms with van der Waals surface area (Å²) < 4.78 is 40.0. The van der Waals surface area contributed by atoms with Gasteiger partial charge in [-0.15, -0.1) is 0 Å². The van der Waals surface area contributed by atoms with Crippen LogP contribution in [0.15, 0.2) is 42.6 Å². The van der Waals surface area contributed by atoms with Gasteiger partial charge in [0.15, 0.2) is 11.5 Å². The van der Waals surface area contributed by atoms with E-state index in [1.165, 1.54) is 36.5 Å². The predicted octanol–water partition coefficient (Wildman–Crippen LogP) is 5.50. The molecule has 11 heteroatoms. The Hall–Kier alpha value is -2.29. The Labute approximate surface area is 165 Å². The van der Waals surface area contributed by atoms with Crippen molar-refractivity contribution in [3.05, 3.63) is 69.1 Å². The number of nitrogens with one attached hydrogen (secondary N) is 1. The van der Waals surface area contributed by atoms with E-state index < -0.39 is 23.5 Å². The van der Waals surface area contributed by atoms with Gasteiger partial charge in [0.1, 0.15) is 5.69 Å². The van der Waals surface area contributed by atoms with Gasteiger partial charge >= 0.3 is 6.18 Å². The molecular weight excluding hydrogens is 428 g/mol. The summed E-state index contributed by atoms with van der Waals surface area (Å²) in [5, 5.41) is 6.34. The van der Waals surface area contributed by atoms with Crippen molar-refractivity contribution in [2.45, 2.75) is 6.18 Å². The smallest absolute Gasteiger partial charge is 0.319 e. The molecule has 140 valence electrons. The molecule has 1 amide bonds. The zero-order valence-electron chi connectivity index (χ0n) is 13.1. The van der Waals surface area contributed by atoms with Crippen LogP contribution >= 0.6 is 34.8 Å². The van der Waals surface area contributed by atoms with Crippen LogP contribution in [-0.4, -0.2) is 20.7 Å². The molecule has 1 aromatic carbocycles. The molecule has 0 radical (unpaired) electrons. The first-order valence-electron chi connectivity index (χ1n) is 7.21. The maximum absolute atomic E-state index is 13.1. The van der Waals surface area contributed by atoms with Gasteiger partial charge in [-0.3, -0.25) is 4.79 Å². The third kappa shape index (κ3) is 4.18. The number of halogens is 6. The Kier molecular flexibility index (Phi) is 5.32. The summed E-state index contributed by atoms with van der Waals surface area (Å²) in [6.45, 7) is 0. The fourth-order valence-electron chi connectivity index (χ4n) is 2.15. The summed E-state index contributed by atoms with van der Waals surface area (Å²) in [5.74, 6) is -1.01. The molecule has 0 bridgehead atoms. The molecule has 0 saturated heterocycles. The Morgan fingerprint density at radius 1 is 1.07 bits per heavy atom. The number of rotatable bonds is 3. The molecule has 0 spiro atoms. The number of anilines is 1. The average Bonchev–Trinajstić information content (AvgIpc) is 3.03. The molecule has 1 N–H and O–H groups in total. The summed E-state index contributed by atoms with van der Waals surface area (Å²) in [6, 6.07) is 7.78. The van der Waals surface area contributed by atoms with Crippen molar-refractivity contribution in [1.82, 2.24) is 14.8 Å². The second-order valence-electron chi connectivity index (χ2n) is 5.21. The third-order valence-electron chi connectivity index (χ3n) is 3.35. The van der Waals surface area contributed by atoms with E-state index in [0.29, 0.717) is 11.1 Å². The molecule has 0 unspecified atom stereocenters. The summed E-state index contributed by atoms with van der Waals surface area (Å²) >= 11 is 17.8. The lowest BCUT2D eigenvalue weighted by atomic mass is 10.3. The highest BCUT2D eigenvalue weighted by molar-refractivity contribution is 6.36. The van der Waals surface area contributed by atoms with Crippen LogP contribution < -0.4 is 5.32 Å². The van der Waals surface area contributed by atoms with Gasteiger partial charge in [0.25, 0.3) is 5.91 Å². The molecule has 27 heavy (non-hydrogen) atoms. The molecule has 0 fully saturated rings. The van der Waals surface area contributed by atoms with Crippen LogP contribution in [-0.2, 0) is 6.18 Å². The molecule has 0 atom stereocenters. The van der Waals surface area contributed by atoms with Crippen LogP contribution in [0, 0.1) is 0 Å². The lowest BCUT2D eigenvalue weighted by molar-refractivity contribution is -0.141. The van der Waals surface area contributed by atoms with Gasteiger partial charge in [-0.25, -0.2) is 9.67 Å². The molecule has 0 saturated carbocycles. The number of pyridine rings is 1. The SMILES string of the molecule is O=C(Nc1ccc(Cl)cc1Cl)c1cc(C(F)(F)F)nn1-c1ncccc1Cl. The van der Waals surface area contributed by atoms with E-state index in [9.17, 15) is 18.0 Å². The van der Waals surface area contributed by atoms with Crippen molar-refractivity contribution in [3.8, 4) is 5.82 Å². The van der Waals surface area contributed by atoms with E-state index in [2.05, 4.69) is 15.4 Å². The zero-order chi connectivity index (χ0) is 19.8. The third-order valence-corrected chi connectivity index (χ3v) is 4.19. The lowest BCUT2D eigenvalue weighted by Gasteiger charge is -2.10. The van der Waals surface area contributed by atoms with E-state index in [0.717, 1.165) is 4.68 Å². The highest BCUT2D eigenvalue weighted by atomic mass is 35.5. The van der Waals surface area contributed by atoms with Crippen molar-refractivity contribution < 1.29 is 18.0 Å². The van der Waals surface area contributed by atoms with Gasteiger partial charge in [-0.05, 0) is 30.3 Å². The van der Waals surface area contributed by atoms with E-state index in [1.54, 1.807) is 0 Å². The number of carbonyl (C=O) groups is 1. The minimum Gasteiger partial charge on any atom is -0.319 e. The summed E-state index contributed by atoms with van der Waals surface area (Å²) in [6.07, 6.45) is -3.45. The first kappa shape index (κ1) is 19.5. The highest BCUT2D eigenvalue weighted by Gasteiger charge is 2.36. The van der Waals surface area contributed by atoms with Crippen molar-refractivity contribution in [2.24, 2.45) is 0 Å². The Morgan fingerprint density at radius 2 is 1.81 bits per heavy atom. The topological polar surface area (TPSA) is 59.8 Å². The summed E-state index contributed by atoms with van der Waals surface area (Å²) in [7, 11) is 0. The van der Waals surface area contributed by atoms with E-state index in [4.69, 9.17) is 34.8 Å². The predicted molar refractivity (Wildman–Crippen MR) is 95.8 cm³/mol. The van der Waals surface area contributed by atoms with Crippen molar-refractivity contribution >= 4 is 46.4 Å². The molecule has 2 heterocycles. The minimum absolute atomic E-state index is 0.0212. The molecule has 3 aromatic rings. The standard InChI is InChI=1S/C16H8Cl3F3N4O/c17-8-3-4-11(10(19)6-8)24-15(27)12-7-13(16(20,21)22)25-26(12)14-9(18)2-1-5-23-14/h1-7H,(H,24,27). The van der Waals surface area contributed by atoms with Gasteiger partial charge in [0, 0.05) is 17.3 Å². The lowest BCUT2D eigenvalue weighted by Crippen LogP contribution is -2.18. The van der Waals surface area contributed by atoms with Crippen molar-refractivity contribution in [1.29, 1.82) is 0 Å². The monoisotopic (exact) mass is 434 g/mol. The van der Waals surface area contributed by atoms with Crippen LogP contribution in [0.25, 0.3) is 5.82 Å². The summed E-state index contributed by atoms with van der Waals surface area (Å²) in [5.41, 5.74) is -1.52. The Balaban J connectivity index is 2.06. The van der Waals surface area contributed by atoms with Crippen molar-refractivity contribution in [2.75, 3.05) is 5.32 Å². The number of alkyl halides is 3. The first-order valence-corrected chi connectivity index (χ1v) is 8.35. The van der Waals surface area contributed by atoms with Crippen LogP contribution in [0.1, 0.15) is 16.2 Å². The Bertz CT molecular complexity index is 1020. The number of hydrogen-bond donors (Lipinski definition) is 1. The quantitative estimate of drug-likeness (QED) is 0.591. The van der Waals surface area contributed by atoms with E-state index in [1.807, 2.05) is 0 Å². The van der Waals surface area contributed by atoms with Crippen molar-refractivity contribution in [3.63, 3.8) is 0 Å². The van der Waals surface area contributed by atoms with E-state index >= 15 is 0 Å².